The predicted molar refractivity (Wildman–Crippen MR) is 73.9 cm³/mol. The van der Waals surface area contributed by atoms with Gasteiger partial charge in [-0.2, -0.15) is 9.78 Å². The van der Waals surface area contributed by atoms with Crippen LogP contribution < -0.4 is 0 Å². The van der Waals surface area contributed by atoms with Gasteiger partial charge in [0.05, 0.1) is 0 Å². The quantitative estimate of drug-likeness (QED) is 0.516. The Morgan fingerprint density at radius 3 is 1.67 bits per heavy atom. The van der Waals surface area contributed by atoms with Crippen LogP contribution in [0.3, 0.4) is 0 Å². The fraction of sp³-hybridized carbons (Fsp3) is 1.00. The minimum absolute atomic E-state index is 0.134. The fourth-order valence-electron chi connectivity index (χ4n) is 4.66. The van der Waals surface area contributed by atoms with Crippen molar-refractivity contribution in [3.63, 3.8) is 0 Å². The molecule has 0 amide bonds. The van der Waals surface area contributed by atoms with Crippen molar-refractivity contribution in [3.05, 3.63) is 0 Å². The van der Waals surface area contributed by atoms with Gasteiger partial charge in [-0.05, 0) is 23.7 Å². The molecule has 0 N–H and O–H groups in total. The smallest absolute Gasteiger partial charge is 0.194 e. The molecule has 2 heteroatoms. The summed E-state index contributed by atoms with van der Waals surface area (Å²) in [5.74, 6) is -0.287. The van der Waals surface area contributed by atoms with Crippen molar-refractivity contribution in [3.8, 4) is 0 Å². The zero-order chi connectivity index (χ0) is 13.7. The summed E-state index contributed by atoms with van der Waals surface area (Å²) in [6.07, 6.45) is 7.19. The molecule has 0 aromatic rings. The fourth-order valence-corrected chi connectivity index (χ4v) is 4.66. The van der Waals surface area contributed by atoms with Gasteiger partial charge in [-0.25, -0.2) is 0 Å². The number of hydrogen-bond donors (Lipinski definition) is 0. The van der Waals surface area contributed by atoms with Crippen molar-refractivity contribution >= 4 is 0 Å². The largest absolute Gasteiger partial charge is 0.240 e. The Morgan fingerprint density at radius 1 is 0.833 bits per heavy atom. The van der Waals surface area contributed by atoms with Crippen molar-refractivity contribution in [1.29, 1.82) is 0 Å². The molecule has 0 unspecified atom stereocenters. The Hall–Kier alpha value is -0.0800. The van der Waals surface area contributed by atoms with Crippen LogP contribution in [0.25, 0.3) is 0 Å². The van der Waals surface area contributed by atoms with Gasteiger partial charge < -0.3 is 0 Å². The maximum absolute atomic E-state index is 5.63. The molecule has 2 nitrogen and oxygen atoms in total. The highest BCUT2D eigenvalue weighted by Gasteiger charge is 2.74. The standard InChI is InChI=1S/C16H30O2/c1-7-13(3,4)15(14(5,6)8-2)11-9-10-12-16(15)17-18-16/h7-12H2,1-6H3. The molecule has 0 radical (unpaired) electrons. The van der Waals surface area contributed by atoms with Crippen molar-refractivity contribution in [2.24, 2.45) is 16.2 Å². The molecular formula is C16H30O2. The molecule has 2 rings (SSSR count). The first-order chi connectivity index (χ1) is 8.29. The molecule has 0 atom stereocenters. The van der Waals surface area contributed by atoms with E-state index in [1.54, 1.807) is 0 Å². The summed E-state index contributed by atoms with van der Waals surface area (Å²) >= 11 is 0. The summed E-state index contributed by atoms with van der Waals surface area (Å²) in [4.78, 5) is 11.3. The second-order valence-corrected chi connectivity index (χ2v) is 7.51. The van der Waals surface area contributed by atoms with Crippen molar-refractivity contribution in [2.75, 3.05) is 0 Å². The topological polar surface area (TPSA) is 25.1 Å². The lowest BCUT2D eigenvalue weighted by Gasteiger charge is -2.59. The van der Waals surface area contributed by atoms with E-state index in [-0.39, 0.29) is 22.0 Å². The SMILES string of the molecule is CCC(C)(C)C1(C(C)(C)CC)CCCCC12OO2. The van der Waals surface area contributed by atoms with Crippen LogP contribution in [0, 0.1) is 16.2 Å². The van der Waals surface area contributed by atoms with Crippen LogP contribution in [0.2, 0.25) is 0 Å². The molecule has 1 aliphatic heterocycles. The third kappa shape index (κ3) is 1.61. The predicted octanol–water partition coefficient (Wildman–Crippen LogP) is 5.08. The van der Waals surface area contributed by atoms with E-state index in [0.717, 1.165) is 6.42 Å². The van der Waals surface area contributed by atoms with E-state index < -0.39 is 0 Å². The summed E-state index contributed by atoms with van der Waals surface area (Å²) in [7, 11) is 0. The maximum atomic E-state index is 5.63. The lowest BCUT2D eigenvalue weighted by Crippen LogP contribution is -2.59. The molecule has 2 fully saturated rings. The minimum atomic E-state index is -0.287. The lowest BCUT2D eigenvalue weighted by molar-refractivity contribution is -0.150. The van der Waals surface area contributed by atoms with Crippen LogP contribution >= 0.6 is 0 Å². The lowest BCUT2D eigenvalue weighted by atomic mass is 9.44. The van der Waals surface area contributed by atoms with Gasteiger partial charge in [-0.3, -0.25) is 0 Å². The van der Waals surface area contributed by atoms with E-state index in [1.165, 1.54) is 32.1 Å². The Bertz CT molecular complexity index is 292. The highest BCUT2D eigenvalue weighted by molar-refractivity contribution is 5.12. The summed E-state index contributed by atoms with van der Waals surface area (Å²) in [6.45, 7) is 14.2. The second-order valence-electron chi connectivity index (χ2n) is 7.51. The Kier molecular flexibility index (Phi) is 3.35. The summed E-state index contributed by atoms with van der Waals surface area (Å²) in [5, 5.41) is 0. The Labute approximate surface area is 112 Å². The van der Waals surface area contributed by atoms with Gasteiger partial charge in [0.2, 0.25) is 5.79 Å². The molecule has 1 saturated carbocycles. The van der Waals surface area contributed by atoms with Gasteiger partial charge in [-0.1, -0.05) is 60.8 Å². The van der Waals surface area contributed by atoms with E-state index in [4.69, 9.17) is 9.78 Å². The third-order valence-corrected chi connectivity index (χ3v) is 6.32. The Balaban J connectivity index is 2.52. The van der Waals surface area contributed by atoms with Crippen molar-refractivity contribution in [1.82, 2.24) is 0 Å². The van der Waals surface area contributed by atoms with Crippen LogP contribution in [-0.4, -0.2) is 5.79 Å². The first-order valence-electron chi connectivity index (χ1n) is 7.65. The van der Waals surface area contributed by atoms with E-state index in [2.05, 4.69) is 41.5 Å². The minimum Gasteiger partial charge on any atom is -0.194 e. The third-order valence-electron chi connectivity index (χ3n) is 6.32. The van der Waals surface area contributed by atoms with Gasteiger partial charge in [0.1, 0.15) is 0 Å². The average Bonchev–Trinajstić information content (AvgIpc) is 3.09. The molecule has 0 aromatic carbocycles. The average molecular weight is 254 g/mol. The van der Waals surface area contributed by atoms with E-state index in [1.807, 2.05) is 0 Å². The van der Waals surface area contributed by atoms with Crippen LogP contribution in [0.15, 0.2) is 0 Å². The molecule has 1 aliphatic carbocycles. The number of rotatable bonds is 4. The molecule has 1 saturated heterocycles. The van der Waals surface area contributed by atoms with Gasteiger partial charge in [0.25, 0.3) is 0 Å². The molecule has 0 aromatic heterocycles. The molecular weight excluding hydrogens is 224 g/mol. The van der Waals surface area contributed by atoms with Crippen LogP contribution in [0.4, 0.5) is 0 Å². The Morgan fingerprint density at radius 2 is 1.28 bits per heavy atom. The number of hydrogen-bond acceptors (Lipinski definition) is 2. The molecule has 2 aliphatic rings. The van der Waals surface area contributed by atoms with E-state index >= 15 is 0 Å². The van der Waals surface area contributed by atoms with Gasteiger partial charge in [-0.15, -0.1) is 0 Å². The zero-order valence-electron chi connectivity index (χ0n) is 13.1. The monoisotopic (exact) mass is 254 g/mol. The summed E-state index contributed by atoms with van der Waals surface area (Å²) < 4.78 is 0. The second kappa shape index (κ2) is 4.21. The first-order valence-corrected chi connectivity index (χ1v) is 7.65. The van der Waals surface area contributed by atoms with Gasteiger partial charge >= 0.3 is 0 Å². The van der Waals surface area contributed by atoms with Crippen LogP contribution in [-0.2, 0) is 9.78 Å². The summed E-state index contributed by atoms with van der Waals surface area (Å²) in [5.41, 5.74) is 0.613. The molecule has 1 heterocycles. The van der Waals surface area contributed by atoms with E-state index in [0.29, 0.717) is 0 Å². The first kappa shape index (κ1) is 14.3. The molecule has 18 heavy (non-hydrogen) atoms. The molecule has 106 valence electrons. The van der Waals surface area contributed by atoms with Crippen LogP contribution in [0.5, 0.6) is 0 Å². The van der Waals surface area contributed by atoms with Crippen LogP contribution in [0.1, 0.15) is 80.1 Å². The molecule has 1 spiro atoms. The van der Waals surface area contributed by atoms with Gasteiger partial charge in [0.15, 0.2) is 0 Å². The van der Waals surface area contributed by atoms with Gasteiger partial charge in [0, 0.05) is 11.8 Å². The van der Waals surface area contributed by atoms with Crippen molar-refractivity contribution in [2.45, 2.75) is 85.9 Å². The van der Waals surface area contributed by atoms with E-state index in [9.17, 15) is 0 Å². The molecule has 0 bridgehead atoms. The maximum Gasteiger partial charge on any atom is 0.240 e. The zero-order valence-corrected chi connectivity index (χ0v) is 13.1. The summed E-state index contributed by atoms with van der Waals surface area (Å²) in [6, 6.07) is 0. The highest BCUT2D eigenvalue weighted by atomic mass is 17.4. The van der Waals surface area contributed by atoms with Crippen molar-refractivity contribution < 1.29 is 9.78 Å². The normalized spacial score (nSPS) is 26.3. The highest BCUT2D eigenvalue weighted by Crippen LogP contribution is 2.71.